The van der Waals surface area contributed by atoms with Crippen LogP contribution in [0.4, 0.5) is 11.4 Å². The zero-order chi connectivity index (χ0) is 19.9. The molecular formula is C20H24N4O3S. The van der Waals surface area contributed by atoms with Crippen molar-refractivity contribution in [3.8, 4) is 0 Å². The van der Waals surface area contributed by atoms with Crippen molar-refractivity contribution < 1.29 is 13.2 Å². The SMILES string of the molecule is Cc1ccc(C)c(N2CCN(C(=O)C3Nc4ccccc4S(=O)(=O)N3)CC2)c1. The Bertz CT molecular complexity index is 1010. The number of benzene rings is 2. The molecule has 2 aliphatic heterocycles. The molecule has 28 heavy (non-hydrogen) atoms. The lowest BCUT2D eigenvalue weighted by molar-refractivity contribution is -0.132. The lowest BCUT2D eigenvalue weighted by Gasteiger charge is -2.39. The van der Waals surface area contributed by atoms with E-state index >= 15 is 0 Å². The summed E-state index contributed by atoms with van der Waals surface area (Å²) >= 11 is 0. The molecule has 0 aliphatic carbocycles. The number of piperazine rings is 1. The van der Waals surface area contributed by atoms with Gasteiger partial charge in [0.15, 0.2) is 6.17 Å². The molecule has 0 bridgehead atoms. The van der Waals surface area contributed by atoms with Crippen LogP contribution >= 0.6 is 0 Å². The van der Waals surface area contributed by atoms with Crippen molar-refractivity contribution in [1.29, 1.82) is 0 Å². The summed E-state index contributed by atoms with van der Waals surface area (Å²) in [5, 5.41) is 3.01. The molecule has 1 fully saturated rings. The molecule has 1 atom stereocenters. The molecule has 1 saturated heterocycles. The van der Waals surface area contributed by atoms with Gasteiger partial charge in [0.1, 0.15) is 4.90 Å². The Morgan fingerprint density at radius 3 is 2.50 bits per heavy atom. The molecule has 0 radical (unpaired) electrons. The molecular weight excluding hydrogens is 376 g/mol. The average Bonchev–Trinajstić information content (AvgIpc) is 2.69. The van der Waals surface area contributed by atoms with Crippen LogP contribution in [0.25, 0.3) is 0 Å². The fraction of sp³-hybridized carbons (Fsp3) is 0.350. The van der Waals surface area contributed by atoms with Gasteiger partial charge >= 0.3 is 0 Å². The van der Waals surface area contributed by atoms with Gasteiger partial charge in [-0.3, -0.25) is 4.79 Å². The van der Waals surface area contributed by atoms with Gasteiger partial charge < -0.3 is 15.1 Å². The maximum absolute atomic E-state index is 12.9. The highest BCUT2D eigenvalue weighted by atomic mass is 32.2. The summed E-state index contributed by atoms with van der Waals surface area (Å²) in [6.07, 6.45) is -0.979. The third-order valence-electron chi connectivity index (χ3n) is 5.29. The third kappa shape index (κ3) is 3.45. The Balaban J connectivity index is 1.46. The van der Waals surface area contributed by atoms with Gasteiger partial charge in [-0.05, 0) is 43.2 Å². The van der Waals surface area contributed by atoms with Crippen LogP contribution in [0, 0.1) is 13.8 Å². The molecule has 0 spiro atoms. The minimum Gasteiger partial charge on any atom is -0.368 e. The van der Waals surface area contributed by atoms with E-state index in [1.807, 2.05) is 0 Å². The van der Waals surface area contributed by atoms with Crippen molar-refractivity contribution in [2.45, 2.75) is 24.9 Å². The number of nitrogens with one attached hydrogen (secondary N) is 2. The first-order valence-electron chi connectivity index (χ1n) is 9.34. The molecule has 1 amide bonds. The van der Waals surface area contributed by atoms with Crippen molar-refractivity contribution >= 4 is 27.3 Å². The normalized spacial score (nSPS) is 21.0. The summed E-state index contributed by atoms with van der Waals surface area (Å²) < 4.78 is 27.4. The van der Waals surface area contributed by atoms with E-state index in [2.05, 4.69) is 47.0 Å². The second kappa shape index (κ2) is 7.10. The first-order chi connectivity index (χ1) is 13.3. The smallest absolute Gasteiger partial charge is 0.261 e. The van der Waals surface area contributed by atoms with E-state index in [0.29, 0.717) is 31.9 Å². The largest absolute Gasteiger partial charge is 0.368 e. The highest BCUT2D eigenvalue weighted by Gasteiger charge is 2.36. The maximum atomic E-state index is 12.9. The number of hydrogen-bond donors (Lipinski definition) is 2. The summed E-state index contributed by atoms with van der Waals surface area (Å²) in [5.41, 5.74) is 4.06. The average molecular weight is 401 g/mol. The minimum absolute atomic E-state index is 0.166. The van der Waals surface area contributed by atoms with E-state index in [4.69, 9.17) is 0 Å². The molecule has 2 heterocycles. The Kier molecular flexibility index (Phi) is 4.76. The van der Waals surface area contributed by atoms with E-state index in [-0.39, 0.29) is 10.8 Å². The van der Waals surface area contributed by atoms with E-state index in [9.17, 15) is 13.2 Å². The van der Waals surface area contributed by atoms with E-state index in [1.165, 1.54) is 22.9 Å². The Labute approximate surface area is 165 Å². The quantitative estimate of drug-likeness (QED) is 0.802. The monoisotopic (exact) mass is 400 g/mol. The summed E-state index contributed by atoms with van der Waals surface area (Å²) in [6.45, 7) is 6.69. The van der Waals surface area contributed by atoms with Crippen LogP contribution in [-0.2, 0) is 14.8 Å². The Morgan fingerprint density at radius 2 is 1.75 bits per heavy atom. The lowest BCUT2D eigenvalue weighted by atomic mass is 10.1. The highest BCUT2D eigenvalue weighted by Crippen LogP contribution is 2.27. The summed E-state index contributed by atoms with van der Waals surface area (Å²) in [5.74, 6) is -0.251. The predicted octanol–water partition coefficient (Wildman–Crippen LogP) is 1.68. The van der Waals surface area contributed by atoms with Gasteiger partial charge in [0.25, 0.3) is 5.91 Å². The van der Waals surface area contributed by atoms with Crippen molar-refractivity contribution in [1.82, 2.24) is 9.62 Å². The molecule has 2 aromatic carbocycles. The number of rotatable bonds is 2. The molecule has 0 aromatic heterocycles. The topological polar surface area (TPSA) is 81.8 Å². The van der Waals surface area contributed by atoms with Gasteiger partial charge in [-0.2, -0.15) is 4.72 Å². The number of anilines is 2. The number of para-hydroxylation sites is 1. The van der Waals surface area contributed by atoms with Gasteiger partial charge in [-0.25, -0.2) is 8.42 Å². The number of hydrogen-bond acceptors (Lipinski definition) is 5. The number of sulfonamides is 1. The summed E-state index contributed by atoms with van der Waals surface area (Å²) in [7, 11) is -3.71. The lowest BCUT2D eigenvalue weighted by Crippen LogP contribution is -2.58. The molecule has 4 rings (SSSR count). The number of nitrogens with zero attached hydrogens (tertiary/aromatic N) is 2. The maximum Gasteiger partial charge on any atom is 0.261 e. The molecule has 2 N–H and O–H groups in total. The van der Waals surface area contributed by atoms with Crippen LogP contribution in [0.2, 0.25) is 0 Å². The van der Waals surface area contributed by atoms with Crippen molar-refractivity contribution in [2.75, 3.05) is 36.4 Å². The molecule has 2 aromatic rings. The molecule has 1 unspecified atom stereocenters. The number of carbonyl (C=O) groups excluding carboxylic acids is 1. The van der Waals surface area contributed by atoms with Gasteiger partial charge in [0.05, 0.1) is 5.69 Å². The van der Waals surface area contributed by atoms with Gasteiger partial charge in [0.2, 0.25) is 10.0 Å². The van der Waals surface area contributed by atoms with Crippen LogP contribution in [0.5, 0.6) is 0 Å². The molecule has 148 valence electrons. The van der Waals surface area contributed by atoms with Crippen LogP contribution in [0.15, 0.2) is 47.4 Å². The fourth-order valence-electron chi connectivity index (χ4n) is 3.75. The third-order valence-corrected chi connectivity index (χ3v) is 6.77. The molecule has 7 nitrogen and oxygen atoms in total. The summed E-state index contributed by atoms with van der Waals surface area (Å²) in [4.78, 5) is 17.1. The second-order valence-electron chi connectivity index (χ2n) is 7.30. The van der Waals surface area contributed by atoms with Crippen LogP contribution in [0.1, 0.15) is 11.1 Å². The predicted molar refractivity (Wildman–Crippen MR) is 109 cm³/mol. The molecule has 0 saturated carbocycles. The second-order valence-corrected chi connectivity index (χ2v) is 8.98. The first kappa shape index (κ1) is 18.8. The van der Waals surface area contributed by atoms with Gasteiger partial charge in [-0.1, -0.05) is 24.3 Å². The fourth-order valence-corrected chi connectivity index (χ4v) is 5.02. The highest BCUT2D eigenvalue weighted by molar-refractivity contribution is 7.89. The Morgan fingerprint density at radius 1 is 1.04 bits per heavy atom. The van der Waals surface area contributed by atoms with Gasteiger partial charge in [0, 0.05) is 31.9 Å². The number of fused-ring (bicyclic) bond motifs is 1. The van der Waals surface area contributed by atoms with Gasteiger partial charge in [-0.15, -0.1) is 0 Å². The minimum atomic E-state index is -3.71. The van der Waals surface area contributed by atoms with Crippen molar-refractivity contribution in [3.63, 3.8) is 0 Å². The Hall–Kier alpha value is -2.58. The molecule has 8 heteroatoms. The molecule has 2 aliphatic rings. The number of carbonyl (C=O) groups is 1. The van der Waals surface area contributed by atoms with E-state index < -0.39 is 16.2 Å². The van der Waals surface area contributed by atoms with Crippen LogP contribution < -0.4 is 14.9 Å². The standard InChI is InChI=1S/C20H24N4O3S/c1-14-7-8-15(2)17(13-14)23-9-11-24(12-10-23)20(25)19-21-16-5-3-4-6-18(16)28(26,27)22-19/h3-8,13,19,21-22H,9-12H2,1-2H3. The van der Waals surface area contributed by atoms with E-state index in [1.54, 1.807) is 23.1 Å². The first-order valence-corrected chi connectivity index (χ1v) is 10.8. The van der Waals surface area contributed by atoms with Crippen molar-refractivity contribution in [2.24, 2.45) is 0 Å². The van der Waals surface area contributed by atoms with Crippen molar-refractivity contribution in [3.05, 3.63) is 53.6 Å². The van der Waals surface area contributed by atoms with Crippen LogP contribution in [-0.4, -0.2) is 51.6 Å². The zero-order valence-electron chi connectivity index (χ0n) is 16.0. The zero-order valence-corrected chi connectivity index (χ0v) is 16.8. The van der Waals surface area contributed by atoms with Crippen LogP contribution in [0.3, 0.4) is 0 Å². The number of aryl methyl sites for hydroxylation is 2. The summed E-state index contributed by atoms with van der Waals surface area (Å²) in [6, 6.07) is 13.0. The van der Waals surface area contributed by atoms with E-state index in [0.717, 1.165) is 0 Å². The number of amides is 1.